The van der Waals surface area contributed by atoms with Crippen molar-refractivity contribution in [2.75, 3.05) is 0 Å². The summed E-state index contributed by atoms with van der Waals surface area (Å²) in [6, 6.07) is 0. The van der Waals surface area contributed by atoms with E-state index in [0.717, 1.165) is 12.8 Å². The lowest BCUT2D eigenvalue weighted by atomic mass is 10.2. The molecule has 0 radical (unpaired) electrons. The van der Waals surface area contributed by atoms with Crippen LogP contribution in [-0.2, 0) is 0 Å². The summed E-state index contributed by atoms with van der Waals surface area (Å²) in [6.07, 6.45) is 46.0. The summed E-state index contributed by atoms with van der Waals surface area (Å²) < 4.78 is 0. The monoisotopic (exact) mass is 316 g/mol. The van der Waals surface area contributed by atoms with Crippen LogP contribution in [0.15, 0.2) is 122 Å². The van der Waals surface area contributed by atoms with Crippen LogP contribution in [0.1, 0.15) is 25.7 Å². The predicted octanol–water partition coefficient (Wildman–Crippen LogP) is 7.12. The Morgan fingerprint density at radius 3 is 0.708 bits per heavy atom. The fraction of sp³-hybridized carbons (Fsp3) is 0.167. The molecule has 0 aromatic rings. The summed E-state index contributed by atoms with van der Waals surface area (Å²) in [5.74, 6) is 0. The van der Waals surface area contributed by atoms with Crippen molar-refractivity contribution in [1.82, 2.24) is 0 Å². The summed E-state index contributed by atoms with van der Waals surface area (Å²) in [7, 11) is 0. The largest absolute Gasteiger partial charge is 0.0845 e. The maximum absolute atomic E-state index is 2.23. The molecule has 0 aromatic heterocycles. The minimum Gasteiger partial charge on any atom is -0.0845 e. The third kappa shape index (κ3) is 14.3. The first-order chi connectivity index (χ1) is 12.0. The van der Waals surface area contributed by atoms with Crippen molar-refractivity contribution < 1.29 is 0 Å². The van der Waals surface area contributed by atoms with Gasteiger partial charge in [-0.2, -0.15) is 0 Å². The highest BCUT2D eigenvalue weighted by atomic mass is 13.9. The SMILES string of the molecule is C1=CCCCC/C=C/C=C/C=C/C=C\C=C\C=C\C=C\C=C\C=C/1. The number of allylic oxidation sites excluding steroid dienone is 20. The highest BCUT2D eigenvalue weighted by Gasteiger charge is 1.82. The Bertz CT molecular complexity index is 528. The maximum atomic E-state index is 2.23. The van der Waals surface area contributed by atoms with E-state index >= 15 is 0 Å². The van der Waals surface area contributed by atoms with Crippen LogP contribution in [-0.4, -0.2) is 0 Å². The molecule has 0 saturated carbocycles. The van der Waals surface area contributed by atoms with Gasteiger partial charge in [0.1, 0.15) is 0 Å². The molecule has 1 aliphatic rings. The van der Waals surface area contributed by atoms with Crippen LogP contribution in [0.5, 0.6) is 0 Å². The number of rotatable bonds is 0. The lowest BCUT2D eigenvalue weighted by molar-refractivity contribution is 0.762. The molecule has 0 nitrogen and oxygen atoms in total. The first kappa shape index (κ1) is 19.4. The predicted molar refractivity (Wildman–Crippen MR) is 110 cm³/mol. The molecule has 0 saturated heterocycles. The van der Waals surface area contributed by atoms with Crippen molar-refractivity contribution in [1.29, 1.82) is 0 Å². The Labute approximate surface area is 147 Å². The molecule has 0 heterocycles. The van der Waals surface area contributed by atoms with E-state index in [1.165, 1.54) is 12.8 Å². The number of hydrogen-bond donors (Lipinski definition) is 0. The molecule has 0 bridgehead atoms. The van der Waals surface area contributed by atoms with Gasteiger partial charge >= 0.3 is 0 Å². The minimum atomic E-state index is 1.14. The van der Waals surface area contributed by atoms with Crippen LogP contribution in [0.2, 0.25) is 0 Å². The van der Waals surface area contributed by atoms with Gasteiger partial charge in [0.15, 0.2) is 0 Å². The molecular weight excluding hydrogens is 288 g/mol. The Morgan fingerprint density at radius 2 is 0.458 bits per heavy atom. The van der Waals surface area contributed by atoms with Gasteiger partial charge in [-0.3, -0.25) is 0 Å². The van der Waals surface area contributed by atoms with E-state index in [0.29, 0.717) is 0 Å². The first-order valence-electron chi connectivity index (χ1n) is 8.65. The van der Waals surface area contributed by atoms with E-state index in [4.69, 9.17) is 0 Å². The fourth-order valence-electron chi connectivity index (χ4n) is 1.90. The molecule has 0 spiro atoms. The van der Waals surface area contributed by atoms with Gasteiger partial charge < -0.3 is 0 Å². The van der Waals surface area contributed by atoms with Crippen molar-refractivity contribution in [3.63, 3.8) is 0 Å². The molecule has 0 atom stereocenters. The van der Waals surface area contributed by atoms with Gasteiger partial charge in [-0.05, 0) is 25.7 Å². The van der Waals surface area contributed by atoms with E-state index in [1.807, 2.05) is 72.9 Å². The molecule has 24 heavy (non-hydrogen) atoms. The van der Waals surface area contributed by atoms with Crippen LogP contribution in [0, 0.1) is 0 Å². The van der Waals surface area contributed by atoms with E-state index in [2.05, 4.69) is 48.6 Å². The molecule has 0 amide bonds. The maximum Gasteiger partial charge on any atom is -0.0347 e. The quantitative estimate of drug-likeness (QED) is 0.446. The molecule has 0 aromatic carbocycles. The van der Waals surface area contributed by atoms with Gasteiger partial charge in [-0.25, -0.2) is 0 Å². The van der Waals surface area contributed by atoms with Crippen molar-refractivity contribution >= 4 is 0 Å². The van der Waals surface area contributed by atoms with Crippen LogP contribution >= 0.6 is 0 Å². The molecule has 0 unspecified atom stereocenters. The van der Waals surface area contributed by atoms with E-state index < -0.39 is 0 Å². The van der Waals surface area contributed by atoms with Gasteiger partial charge in [0.2, 0.25) is 0 Å². The highest BCUT2D eigenvalue weighted by molar-refractivity contribution is 5.22. The smallest absolute Gasteiger partial charge is 0.0347 e. The molecule has 1 rings (SSSR count). The molecule has 0 N–H and O–H groups in total. The average molecular weight is 316 g/mol. The summed E-state index contributed by atoms with van der Waals surface area (Å²) in [4.78, 5) is 0. The van der Waals surface area contributed by atoms with Gasteiger partial charge in [0, 0.05) is 0 Å². The Balaban J connectivity index is 2.54. The second-order valence-electron chi connectivity index (χ2n) is 5.22. The Morgan fingerprint density at radius 1 is 0.250 bits per heavy atom. The van der Waals surface area contributed by atoms with Crippen molar-refractivity contribution in [2.45, 2.75) is 25.7 Å². The summed E-state index contributed by atoms with van der Waals surface area (Å²) >= 11 is 0. The zero-order valence-electron chi connectivity index (χ0n) is 14.4. The van der Waals surface area contributed by atoms with Gasteiger partial charge in [0.05, 0.1) is 0 Å². The molecule has 0 fully saturated rings. The lowest BCUT2D eigenvalue weighted by Crippen LogP contribution is -1.71. The molecule has 1 aliphatic carbocycles. The van der Waals surface area contributed by atoms with E-state index in [9.17, 15) is 0 Å². The normalized spacial score (nSPS) is 29.3. The van der Waals surface area contributed by atoms with Crippen molar-refractivity contribution in [2.24, 2.45) is 0 Å². The van der Waals surface area contributed by atoms with Gasteiger partial charge in [-0.1, -0.05) is 122 Å². The van der Waals surface area contributed by atoms with E-state index in [1.54, 1.807) is 0 Å². The summed E-state index contributed by atoms with van der Waals surface area (Å²) in [5.41, 5.74) is 0. The Hall–Kier alpha value is -2.60. The minimum absolute atomic E-state index is 1.14. The van der Waals surface area contributed by atoms with Crippen LogP contribution in [0.4, 0.5) is 0 Å². The van der Waals surface area contributed by atoms with Gasteiger partial charge in [-0.15, -0.1) is 0 Å². The zero-order valence-corrected chi connectivity index (χ0v) is 14.4. The topological polar surface area (TPSA) is 0 Å². The second kappa shape index (κ2) is 16.8. The standard InChI is InChI=1S/C24H28/c1-2-4-6-8-10-12-14-16-18-20-22-24-23-21-19-17-15-13-11-9-7-5-3-1/h1-20H,21-24H2/b3-1+,4-2+,7-5-,8-6+,11-9+,12-10+,15-13+,16-14-,19-17+,20-18?. The number of hydrogen-bond acceptors (Lipinski definition) is 0. The highest BCUT2D eigenvalue weighted by Crippen LogP contribution is 2.02. The molecule has 0 aliphatic heterocycles. The van der Waals surface area contributed by atoms with Crippen molar-refractivity contribution in [3.8, 4) is 0 Å². The van der Waals surface area contributed by atoms with Crippen LogP contribution < -0.4 is 0 Å². The average Bonchev–Trinajstić information content (AvgIpc) is 2.59. The lowest BCUT2D eigenvalue weighted by Gasteiger charge is -1.91. The second-order valence-corrected chi connectivity index (χ2v) is 5.22. The molecule has 0 heteroatoms. The van der Waals surface area contributed by atoms with Crippen LogP contribution in [0.25, 0.3) is 0 Å². The summed E-state index contributed by atoms with van der Waals surface area (Å²) in [6.45, 7) is 0. The fourth-order valence-corrected chi connectivity index (χ4v) is 1.90. The third-order valence-electron chi connectivity index (χ3n) is 3.15. The zero-order chi connectivity index (χ0) is 17.0. The first-order valence-corrected chi connectivity index (χ1v) is 8.65. The third-order valence-corrected chi connectivity index (χ3v) is 3.15. The van der Waals surface area contributed by atoms with Gasteiger partial charge in [0.25, 0.3) is 0 Å². The molecule has 124 valence electrons. The van der Waals surface area contributed by atoms with Crippen LogP contribution in [0.3, 0.4) is 0 Å². The summed E-state index contributed by atoms with van der Waals surface area (Å²) in [5, 5.41) is 0. The Kier molecular flexibility index (Phi) is 13.6. The molecular formula is C24H28. The van der Waals surface area contributed by atoms with Crippen molar-refractivity contribution in [3.05, 3.63) is 122 Å². The van der Waals surface area contributed by atoms with E-state index in [-0.39, 0.29) is 0 Å².